The number of fused-ring (bicyclic) bond motifs is 1. The molecule has 2 atom stereocenters. The van der Waals surface area contributed by atoms with Gasteiger partial charge >= 0.3 is 12.1 Å². The van der Waals surface area contributed by atoms with E-state index in [9.17, 15) is 14.4 Å². The highest BCUT2D eigenvalue weighted by Crippen LogP contribution is 2.53. The average Bonchev–Trinajstić information content (AvgIpc) is 3.11. The van der Waals surface area contributed by atoms with E-state index in [1.54, 1.807) is 76.3 Å². The highest BCUT2D eigenvalue weighted by atomic mass is 35.5. The first-order chi connectivity index (χ1) is 18.5. The van der Waals surface area contributed by atoms with Gasteiger partial charge in [-0.3, -0.25) is 10.1 Å². The van der Waals surface area contributed by atoms with Crippen molar-refractivity contribution in [3.8, 4) is 0 Å². The Kier molecular flexibility index (Phi) is 7.73. The number of carbonyl (C=O) groups excluding carboxylic acids is 3. The summed E-state index contributed by atoms with van der Waals surface area (Å²) in [4.78, 5) is 43.4. The van der Waals surface area contributed by atoms with Crippen LogP contribution in [-0.4, -0.2) is 37.7 Å². The van der Waals surface area contributed by atoms with Gasteiger partial charge in [0, 0.05) is 23.3 Å². The van der Waals surface area contributed by atoms with Gasteiger partial charge in [0.2, 0.25) is 5.60 Å². The van der Waals surface area contributed by atoms with Crippen molar-refractivity contribution in [2.75, 3.05) is 19.1 Å². The van der Waals surface area contributed by atoms with Gasteiger partial charge in [-0.05, 0) is 50.1 Å². The second-order valence-corrected chi connectivity index (χ2v) is 10.7. The fourth-order valence-corrected chi connectivity index (χ4v) is 5.08. The Bertz CT molecular complexity index is 1380. The average molecular weight is 551 g/mol. The van der Waals surface area contributed by atoms with Gasteiger partial charge in [-0.2, -0.15) is 0 Å². The quantitative estimate of drug-likeness (QED) is 0.400. The molecule has 9 heteroatoms. The van der Waals surface area contributed by atoms with Gasteiger partial charge in [-0.15, -0.1) is 0 Å². The summed E-state index contributed by atoms with van der Waals surface area (Å²) < 4.78 is 17.5. The Morgan fingerprint density at radius 3 is 2.18 bits per heavy atom. The van der Waals surface area contributed by atoms with Crippen molar-refractivity contribution in [3.05, 3.63) is 101 Å². The molecule has 0 aromatic heterocycles. The van der Waals surface area contributed by atoms with E-state index in [-0.39, 0.29) is 12.2 Å². The van der Waals surface area contributed by atoms with Gasteiger partial charge in [-0.25, -0.2) is 9.59 Å². The number of nitrogens with one attached hydrogen (secondary N) is 1. The monoisotopic (exact) mass is 550 g/mol. The number of halogens is 1. The number of methoxy groups -OCH3 is 1. The van der Waals surface area contributed by atoms with E-state index >= 15 is 0 Å². The lowest BCUT2D eigenvalue weighted by Crippen LogP contribution is -2.69. The second-order valence-electron chi connectivity index (χ2n) is 10.2. The molecular formula is C30H31ClN2O6. The number of anilines is 1. The number of amides is 2. The van der Waals surface area contributed by atoms with Gasteiger partial charge in [0.15, 0.2) is 5.54 Å². The summed E-state index contributed by atoms with van der Waals surface area (Å²) in [5.74, 6) is -1.52. The molecule has 1 aliphatic rings. The molecule has 2 amide bonds. The van der Waals surface area contributed by atoms with E-state index in [0.717, 1.165) is 5.56 Å². The zero-order valence-corrected chi connectivity index (χ0v) is 23.2. The van der Waals surface area contributed by atoms with Crippen molar-refractivity contribution < 1.29 is 28.6 Å². The van der Waals surface area contributed by atoms with Crippen LogP contribution in [0.5, 0.6) is 0 Å². The number of nitrogens with zero attached hydrogens (tertiary/aromatic N) is 1. The van der Waals surface area contributed by atoms with Gasteiger partial charge in [0.1, 0.15) is 5.60 Å². The topological polar surface area (TPSA) is 94.2 Å². The van der Waals surface area contributed by atoms with Crippen LogP contribution >= 0.6 is 11.6 Å². The minimum absolute atomic E-state index is 0.0878. The van der Waals surface area contributed by atoms with Gasteiger partial charge in [0.05, 0.1) is 13.7 Å². The minimum Gasteiger partial charge on any atom is -0.467 e. The van der Waals surface area contributed by atoms with E-state index in [2.05, 4.69) is 5.32 Å². The molecular weight excluding hydrogens is 520 g/mol. The number of hydrogen-bond acceptors (Lipinski definition) is 6. The molecule has 3 aromatic carbocycles. The van der Waals surface area contributed by atoms with Crippen LogP contribution in [0, 0.1) is 0 Å². The first kappa shape index (κ1) is 28.1. The number of carbonyl (C=O) groups is 3. The Hall–Kier alpha value is -3.88. The smallest absolute Gasteiger partial charge is 0.408 e. The minimum atomic E-state index is -2.20. The Balaban J connectivity index is 2.08. The molecule has 39 heavy (non-hydrogen) atoms. The van der Waals surface area contributed by atoms with Crippen LogP contribution in [0.15, 0.2) is 78.9 Å². The van der Waals surface area contributed by atoms with E-state index in [4.69, 9.17) is 25.8 Å². The second kappa shape index (κ2) is 10.7. The number of esters is 1. The summed E-state index contributed by atoms with van der Waals surface area (Å²) in [6.07, 6.45) is -0.926. The summed E-state index contributed by atoms with van der Waals surface area (Å²) in [6.45, 7) is 5.01. The standard InChI is InChI=1S/C30H31ClN2O6/c1-28(2,3)39-27(36)32-29(23-18-22(31)16-17-24(23)33(4)25(29)34)30(26(35)37-5,21-14-10-7-11-15-21)38-19-20-12-8-6-9-13-20/h6-18H,19H2,1-5H3,(H,32,36)/t29-,30+/m1/s1. The highest BCUT2D eigenvalue weighted by Gasteiger charge is 2.70. The van der Waals surface area contributed by atoms with E-state index in [0.29, 0.717) is 16.3 Å². The first-order valence-corrected chi connectivity index (χ1v) is 12.8. The zero-order chi connectivity index (χ0) is 28.4. The first-order valence-electron chi connectivity index (χ1n) is 12.4. The summed E-state index contributed by atoms with van der Waals surface area (Å²) in [5.41, 5.74) is -3.53. The lowest BCUT2D eigenvalue weighted by atomic mass is 9.70. The number of benzene rings is 3. The van der Waals surface area contributed by atoms with E-state index < -0.39 is 34.7 Å². The normalized spacial score (nSPS) is 18.2. The van der Waals surface area contributed by atoms with Crippen LogP contribution in [-0.2, 0) is 41.5 Å². The summed E-state index contributed by atoms with van der Waals surface area (Å²) >= 11 is 6.44. The van der Waals surface area contributed by atoms with Crippen molar-refractivity contribution in [1.82, 2.24) is 5.32 Å². The van der Waals surface area contributed by atoms with Crippen molar-refractivity contribution in [3.63, 3.8) is 0 Å². The molecule has 0 saturated heterocycles. The number of alkyl carbamates (subject to hydrolysis) is 1. The van der Waals surface area contributed by atoms with Gasteiger partial charge in [-0.1, -0.05) is 72.3 Å². The molecule has 1 aliphatic heterocycles. The molecule has 0 unspecified atom stereocenters. The molecule has 8 nitrogen and oxygen atoms in total. The molecule has 0 radical (unpaired) electrons. The maximum atomic E-state index is 14.5. The van der Waals surface area contributed by atoms with Crippen LogP contribution in [0.4, 0.5) is 10.5 Å². The fourth-order valence-electron chi connectivity index (χ4n) is 4.90. The molecule has 4 rings (SSSR count). The number of rotatable bonds is 7. The van der Waals surface area contributed by atoms with Crippen molar-refractivity contribution in [2.45, 2.75) is 44.1 Å². The molecule has 204 valence electrons. The van der Waals surface area contributed by atoms with Gasteiger partial charge in [0.25, 0.3) is 5.91 Å². The van der Waals surface area contributed by atoms with E-state index in [1.807, 2.05) is 30.3 Å². The molecule has 0 saturated carbocycles. The number of likely N-dealkylation sites (N-methyl/N-ethyl adjacent to an activating group) is 1. The third-order valence-electron chi connectivity index (χ3n) is 6.52. The van der Waals surface area contributed by atoms with Crippen LogP contribution in [0.25, 0.3) is 0 Å². The maximum Gasteiger partial charge on any atom is 0.408 e. The number of ether oxygens (including phenoxy) is 3. The fraction of sp³-hybridized carbons (Fsp3) is 0.300. The molecule has 0 spiro atoms. The van der Waals surface area contributed by atoms with Crippen LogP contribution in [0.3, 0.4) is 0 Å². The Labute approximate surface area is 232 Å². The van der Waals surface area contributed by atoms with Crippen molar-refractivity contribution in [2.24, 2.45) is 0 Å². The lowest BCUT2D eigenvalue weighted by Gasteiger charge is -2.45. The zero-order valence-electron chi connectivity index (χ0n) is 22.5. The van der Waals surface area contributed by atoms with Crippen molar-refractivity contribution in [1.29, 1.82) is 0 Å². The lowest BCUT2D eigenvalue weighted by molar-refractivity contribution is -0.192. The predicted molar refractivity (Wildman–Crippen MR) is 147 cm³/mol. The number of hydrogen-bond donors (Lipinski definition) is 1. The Morgan fingerprint density at radius 2 is 1.59 bits per heavy atom. The maximum absolute atomic E-state index is 14.5. The third kappa shape index (κ3) is 4.97. The van der Waals surface area contributed by atoms with Crippen molar-refractivity contribution >= 4 is 35.3 Å². The summed E-state index contributed by atoms with van der Waals surface area (Å²) in [6, 6.07) is 22.5. The molecule has 0 bridgehead atoms. The van der Waals surface area contributed by atoms with Gasteiger partial charge < -0.3 is 19.1 Å². The van der Waals surface area contributed by atoms with Crippen LogP contribution in [0.1, 0.15) is 37.5 Å². The van der Waals surface area contributed by atoms with Crippen LogP contribution in [0.2, 0.25) is 5.02 Å². The summed E-state index contributed by atoms with van der Waals surface area (Å²) in [7, 11) is 2.76. The molecule has 0 aliphatic carbocycles. The largest absolute Gasteiger partial charge is 0.467 e. The third-order valence-corrected chi connectivity index (χ3v) is 6.75. The SMILES string of the molecule is COC(=O)[C@@](OCc1ccccc1)(c1ccccc1)[C@]1(NC(=O)OC(C)(C)C)C(=O)N(C)c2ccc(Cl)cc21. The van der Waals surface area contributed by atoms with Crippen LogP contribution < -0.4 is 10.2 Å². The predicted octanol–water partition coefficient (Wildman–Crippen LogP) is 5.32. The molecule has 1 N–H and O–H groups in total. The molecule has 0 fully saturated rings. The molecule has 3 aromatic rings. The molecule has 1 heterocycles. The summed E-state index contributed by atoms with van der Waals surface area (Å²) in [5, 5.41) is 3.06. The van der Waals surface area contributed by atoms with E-state index in [1.165, 1.54) is 12.0 Å². The highest BCUT2D eigenvalue weighted by molar-refractivity contribution is 6.31. The Morgan fingerprint density at radius 1 is 0.974 bits per heavy atom.